The van der Waals surface area contributed by atoms with E-state index in [4.69, 9.17) is 4.74 Å². The summed E-state index contributed by atoms with van der Waals surface area (Å²) in [7, 11) is 0. The molecule has 1 aromatic rings. The maximum Gasteiger partial charge on any atom is 0.313 e. The first-order chi connectivity index (χ1) is 6.81. The molecule has 1 saturated heterocycles. The molecule has 0 radical (unpaired) electrons. The third-order valence-corrected chi connectivity index (χ3v) is 3.11. The molecule has 2 rings (SSSR count). The molecule has 0 amide bonds. The summed E-state index contributed by atoms with van der Waals surface area (Å²) in [6.07, 6.45) is 0.846. The fourth-order valence-electron chi connectivity index (χ4n) is 1.62. The van der Waals surface area contributed by atoms with Crippen molar-refractivity contribution in [2.24, 2.45) is 5.92 Å². The molecule has 0 unspecified atom stereocenters. The van der Waals surface area contributed by atoms with E-state index in [2.05, 4.69) is 15.9 Å². The van der Waals surface area contributed by atoms with Gasteiger partial charge in [-0.15, -0.1) is 0 Å². The lowest BCUT2D eigenvalue weighted by Crippen LogP contribution is -2.47. The second kappa shape index (κ2) is 4.13. The van der Waals surface area contributed by atoms with Crippen LogP contribution in [0.2, 0.25) is 0 Å². The van der Waals surface area contributed by atoms with Gasteiger partial charge in [-0.3, -0.25) is 4.79 Å². The Labute approximate surface area is 91.4 Å². The van der Waals surface area contributed by atoms with Gasteiger partial charge in [-0.2, -0.15) is 0 Å². The fourth-order valence-corrected chi connectivity index (χ4v) is 2.20. The highest BCUT2D eigenvalue weighted by atomic mass is 79.9. The number of alkyl halides is 1. The molecule has 1 aliphatic heterocycles. The molecule has 1 fully saturated rings. The van der Waals surface area contributed by atoms with Crippen molar-refractivity contribution in [1.82, 2.24) is 0 Å². The monoisotopic (exact) mass is 254 g/mol. The highest BCUT2D eigenvalue weighted by Gasteiger charge is 2.41. The third kappa shape index (κ3) is 1.82. The van der Waals surface area contributed by atoms with E-state index in [0.717, 1.165) is 11.8 Å². The summed E-state index contributed by atoms with van der Waals surface area (Å²) in [4.78, 5) is 11.2. The highest BCUT2D eigenvalue weighted by Crippen LogP contribution is 2.27. The molecular weight excluding hydrogens is 244 g/mol. The largest absolute Gasteiger partial charge is 0.460 e. The van der Waals surface area contributed by atoms with Crippen molar-refractivity contribution in [3.63, 3.8) is 0 Å². The molecule has 0 N–H and O–H groups in total. The van der Waals surface area contributed by atoms with Gasteiger partial charge in [-0.05, 0) is 12.0 Å². The summed E-state index contributed by atoms with van der Waals surface area (Å²) in [5, 5.41) is 0.732. The van der Waals surface area contributed by atoms with Crippen molar-refractivity contribution in [3.8, 4) is 0 Å². The molecule has 2 nitrogen and oxygen atoms in total. The Morgan fingerprint density at radius 1 is 1.29 bits per heavy atom. The number of ether oxygens (including phenoxy) is 1. The van der Waals surface area contributed by atoms with Crippen molar-refractivity contribution in [2.75, 3.05) is 5.33 Å². The summed E-state index contributed by atoms with van der Waals surface area (Å²) in [6.45, 7) is 0. The van der Waals surface area contributed by atoms with Gasteiger partial charge in [-0.25, -0.2) is 0 Å². The Balaban J connectivity index is 2.01. The van der Waals surface area contributed by atoms with E-state index < -0.39 is 0 Å². The van der Waals surface area contributed by atoms with Crippen LogP contribution in [0.15, 0.2) is 30.3 Å². The van der Waals surface area contributed by atoms with Gasteiger partial charge in [0, 0.05) is 5.33 Å². The van der Waals surface area contributed by atoms with E-state index in [0.29, 0.717) is 0 Å². The molecule has 74 valence electrons. The lowest BCUT2D eigenvalue weighted by atomic mass is 9.91. The van der Waals surface area contributed by atoms with E-state index in [9.17, 15) is 4.79 Å². The van der Waals surface area contributed by atoms with E-state index in [-0.39, 0.29) is 18.0 Å². The molecular formula is C11H11BrO2. The Hall–Kier alpha value is -0.830. The van der Waals surface area contributed by atoms with Crippen LogP contribution < -0.4 is 0 Å². The maximum absolute atomic E-state index is 11.2. The number of halogens is 1. The van der Waals surface area contributed by atoms with Crippen LogP contribution in [0, 0.1) is 5.92 Å². The van der Waals surface area contributed by atoms with Gasteiger partial charge in [0.05, 0.1) is 5.92 Å². The van der Waals surface area contributed by atoms with Crippen LogP contribution in [0.4, 0.5) is 0 Å². The van der Waals surface area contributed by atoms with Crippen molar-refractivity contribution in [3.05, 3.63) is 35.9 Å². The zero-order valence-electron chi connectivity index (χ0n) is 7.65. The minimum absolute atomic E-state index is 0.0387. The second-order valence-electron chi connectivity index (χ2n) is 3.43. The highest BCUT2D eigenvalue weighted by molar-refractivity contribution is 9.09. The topological polar surface area (TPSA) is 26.3 Å². The minimum Gasteiger partial charge on any atom is -0.460 e. The first kappa shape index (κ1) is 9.71. The predicted molar refractivity (Wildman–Crippen MR) is 57.3 cm³/mol. The Morgan fingerprint density at radius 2 is 2.00 bits per heavy atom. The number of benzene rings is 1. The third-order valence-electron chi connectivity index (χ3n) is 2.47. The minimum atomic E-state index is -0.0710. The number of hydrogen-bond acceptors (Lipinski definition) is 2. The number of carbonyl (C=O) groups excluding carboxylic acids is 1. The quantitative estimate of drug-likeness (QED) is 0.611. The average Bonchev–Trinajstić information content (AvgIpc) is 2.24. The average molecular weight is 255 g/mol. The molecule has 2 atom stereocenters. The Bertz CT molecular complexity index is 323. The van der Waals surface area contributed by atoms with Gasteiger partial charge in [0.25, 0.3) is 0 Å². The van der Waals surface area contributed by atoms with Crippen LogP contribution in [-0.4, -0.2) is 17.4 Å². The molecule has 0 aliphatic carbocycles. The van der Waals surface area contributed by atoms with Crippen molar-refractivity contribution >= 4 is 21.9 Å². The predicted octanol–water partition coefficient (Wildman–Crippen LogP) is 2.17. The molecule has 1 heterocycles. The summed E-state index contributed by atoms with van der Waals surface area (Å²) in [6, 6.07) is 10.0. The molecule has 1 aromatic carbocycles. The summed E-state index contributed by atoms with van der Waals surface area (Å²) >= 11 is 3.33. The van der Waals surface area contributed by atoms with Crippen molar-refractivity contribution < 1.29 is 9.53 Å². The summed E-state index contributed by atoms with van der Waals surface area (Å²) in [5.74, 6) is -0.0323. The van der Waals surface area contributed by atoms with Gasteiger partial charge < -0.3 is 4.74 Å². The first-order valence-electron chi connectivity index (χ1n) is 4.61. The van der Waals surface area contributed by atoms with Gasteiger partial charge in [-0.1, -0.05) is 46.3 Å². The molecule has 14 heavy (non-hydrogen) atoms. The van der Waals surface area contributed by atoms with Crippen LogP contribution >= 0.6 is 15.9 Å². The SMILES string of the molecule is O=C1O[C@@H](CBr)[C@H]1Cc1ccccc1. The molecule has 0 aromatic heterocycles. The molecule has 0 spiro atoms. The Kier molecular flexibility index (Phi) is 2.87. The van der Waals surface area contributed by atoms with Gasteiger partial charge >= 0.3 is 5.97 Å². The normalized spacial score (nSPS) is 25.4. The summed E-state index contributed by atoms with van der Waals surface area (Å²) < 4.78 is 4.99. The van der Waals surface area contributed by atoms with E-state index in [1.807, 2.05) is 30.3 Å². The van der Waals surface area contributed by atoms with Crippen LogP contribution in [0.5, 0.6) is 0 Å². The van der Waals surface area contributed by atoms with Crippen LogP contribution in [0.25, 0.3) is 0 Å². The standard InChI is InChI=1S/C11H11BrO2/c12-7-10-9(11(13)14-10)6-8-4-2-1-3-5-8/h1-5,9-10H,6-7H2/t9-,10+/m1/s1. The number of carbonyl (C=O) groups is 1. The second-order valence-corrected chi connectivity index (χ2v) is 4.07. The lowest BCUT2D eigenvalue weighted by Gasteiger charge is -2.33. The zero-order chi connectivity index (χ0) is 9.97. The van der Waals surface area contributed by atoms with Crippen LogP contribution in [0.1, 0.15) is 5.56 Å². The van der Waals surface area contributed by atoms with E-state index >= 15 is 0 Å². The van der Waals surface area contributed by atoms with Crippen molar-refractivity contribution in [2.45, 2.75) is 12.5 Å². The van der Waals surface area contributed by atoms with Crippen LogP contribution in [0.3, 0.4) is 0 Å². The van der Waals surface area contributed by atoms with Gasteiger partial charge in [0.2, 0.25) is 0 Å². The number of cyclic esters (lactones) is 1. The molecule has 0 bridgehead atoms. The number of hydrogen-bond donors (Lipinski definition) is 0. The summed E-state index contributed by atoms with van der Waals surface area (Å²) in [5.41, 5.74) is 1.19. The maximum atomic E-state index is 11.2. The smallest absolute Gasteiger partial charge is 0.313 e. The molecule has 1 aliphatic rings. The Morgan fingerprint density at radius 3 is 2.57 bits per heavy atom. The van der Waals surface area contributed by atoms with Crippen molar-refractivity contribution in [1.29, 1.82) is 0 Å². The van der Waals surface area contributed by atoms with Gasteiger partial charge in [0.1, 0.15) is 6.10 Å². The van der Waals surface area contributed by atoms with E-state index in [1.54, 1.807) is 0 Å². The number of rotatable bonds is 3. The number of esters is 1. The zero-order valence-corrected chi connectivity index (χ0v) is 9.24. The van der Waals surface area contributed by atoms with Crippen LogP contribution in [-0.2, 0) is 16.0 Å². The molecule has 3 heteroatoms. The van der Waals surface area contributed by atoms with Gasteiger partial charge in [0.15, 0.2) is 0 Å². The first-order valence-corrected chi connectivity index (χ1v) is 5.74. The van der Waals surface area contributed by atoms with E-state index in [1.165, 1.54) is 5.56 Å². The lowest BCUT2D eigenvalue weighted by molar-refractivity contribution is -0.180. The molecule has 0 saturated carbocycles. The fraction of sp³-hybridized carbons (Fsp3) is 0.364.